The molecule has 2 aromatic heterocycles. The fraction of sp³-hybridized carbons (Fsp3) is 0.100. The second-order valence-electron chi connectivity index (χ2n) is 3.28. The van der Waals surface area contributed by atoms with Gasteiger partial charge in [-0.05, 0) is 22.9 Å². The van der Waals surface area contributed by atoms with Gasteiger partial charge in [0, 0.05) is 6.20 Å². The highest BCUT2D eigenvalue weighted by atomic mass is 79.9. The van der Waals surface area contributed by atoms with E-state index in [1.54, 1.807) is 6.92 Å². The lowest BCUT2D eigenvalue weighted by Crippen LogP contribution is -2.14. The van der Waals surface area contributed by atoms with Crippen molar-refractivity contribution in [3.05, 3.63) is 38.4 Å². The van der Waals surface area contributed by atoms with Crippen LogP contribution in [0.4, 0.5) is 9.39 Å². The second-order valence-corrected chi connectivity index (χ2v) is 5.73. The Morgan fingerprint density at radius 1 is 1.50 bits per heavy atom. The van der Waals surface area contributed by atoms with Crippen molar-refractivity contribution in [3.8, 4) is 0 Å². The number of hydrogen-bond acceptors (Lipinski definition) is 4. The van der Waals surface area contributed by atoms with Gasteiger partial charge in [-0.15, -0.1) is 11.3 Å². The first-order valence-corrected chi connectivity index (χ1v) is 6.71. The Balaban J connectivity index is 2.32. The fourth-order valence-corrected chi connectivity index (χ4v) is 2.52. The molecule has 0 aliphatic rings. The van der Waals surface area contributed by atoms with E-state index in [9.17, 15) is 9.18 Å². The molecule has 0 saturated heterocycles. The summed E-state index contributed by atoms with van der Waals surface area (Å²) in [6.45, 7) is 1.81. The molecule has 0 radical (unpaired) electrons. The Kier molecular flexibility index (Phi) is 3.94. The summed E-state index contributed by atoms with van der Waals surface area (Å²) in [6, 6.07) is 0. The molecule has 0 aromatic carbocycles. The molecule has 2 rings (SSSR count). The molecule has 1 N–H and O–H groups in total. The maximum atomic E-state index is 13.7. The van der Waals surface area contributed by atoms with E-state index < -0.39 is 11.7 Å². The number of nitrogens with zero attached hydrogens (tertiary/aromatic N) is 2. The van der Waals surface area contributed by atoms with E-state index in [2.05, 4.69) is 31.2 Å². The molecule has 18 heavy (non-hydrogen) atoms. The number of halogens is 3. The lowest BCUT2D eigenvalue weighted by Gasteiger charge is -2.06. The Hall–Kier alpha value is -1.05. The van der Waals surface area contributed by atoms with E-state index in [0.717, 1.165) is 5.01 Å². The first-order valence-electron chi connectivity index (χ1n) is 4.72. The number of nitrogens with one attached hydrogen (secondary N) is 1. The quantitative estimate of drug-likeness (QED) is 0.841. The topological polar surface area (TPSA) is 54.9 Å². The zero-order valence-corrected chi connectivity index (χ0v) is 12.2. The van der Waals surface area contributed by atoms with Crippen LogP contribution in [0.25, 0.3) is 0 Å². The van der Waals surface area contributed by atoms with Gasteiger partial charge >= 0.3 is 0 Å². The van der Waals surface area contributed by atoms with Crippen LogP contribution in [0.1, 0.15) is 15.4 Å². The van der Waals surface area contributed by atoms with Gasteiger partial charge in [-0.1, -0.05) is 11.6 Å². The van der Waals surface area contributed by atoms with Gasteiger partial charge in [0.1, 0.15) is 5.00 Å². The fourth-order valence-electron chi connectivity index (χ4n) is 1.24. The number of aromatic nitrogens is 2. The molecule has 94 valence electrons. The molecule has 0 fully saturated rings. The summed E-state index contributed by atoms with van der Waals surface area (Å²) in [7, 11) is 0. The third-order valence-corrected chi connectivity index (χ3v) is 3.71. The van der Waals surface area contributed by atoms with Gasteiger partial charge in [-0.3, -0.25) is 4.79 Å². The molecule has 0 saturated carbocycles. The van der Waals surface area contributed by atoms with Crippen LogP contribution >= 0.6 is 38.9 Å². The van der Waals surface area contributed by atoms with Gasteiger partial charge in [0.15, 0.2) is 11.0 Å². The molecule has 0 spiro atoms. The number of pyridine rings is 1. The first-order chi connectivity index (χ1) is 8.49. The van der Waals surface area contributed by atoms with Crippen molar-refractivity contribution < 1.29 is 9.18 Å². The largest absolute Gasteiger partial charge is 0.312 e. The Labute approximate surface area is 119 Å². The van der Waals surface area contributed by atoms with Gasteiger partial charge in [-0.25, -0.2) is 14.4 Å². The molecule has 2 heterocycles. The standard InChI is InChI=1S/C10H6BrClFN3OS/c1-4-14-3-6(18-4)16-10(17)7-5(11)2-15-9(12)8(7)13/h2-3H,1H3,(H,16,17). The molecule has 8 heteroatoms. The molecule has 1 amide bonds. The summed E-state index contributed by atoms with van der Waals surface area (Å²) < 4.78 is 14.0. The monoisotopic (exact) mass is 349 g/mol. The van der Waals surface area contributed by atoms with Gasteiger partial charge in [0.05, 0.1) is 21.2 Å². The van der Waals surface area contributed by atoms with Crippen LogP contribution in [0, 0.1) is 12.7 Å². The van der Waals surface area contributed by atoms with Gasteiger partial charge in [0.2, 0.25) is 0 Å². The summed E-state index contributed by atoms with van der Waals surface area (Å²) in [6.07, 6.45) is 2.78. The van der Waals surface area contributed by atoms with Crippen molar-refractivity contribution in [1.29, 1.82) is 0 Å². The lowest BCUT2D eigenvalue weighted by atomic mass is 10.2. The number of rotatable bonds is 2. The number of amides is 1. The Morgan fingerprint density at radius 2 is 2.22 bits per heavy atom. The molecule has 2 aromatic rings. The third kappa shape index (κ3) is 2.68. The minimum atomic E-state index is -0.857. The minimum Gasteiger partial charge on any atom is -0.312 e. The Morgan fingerprint density at radius 3 is 2.83 bits per heavy atom. The van der Waals surface area contributed by atoms with Crippen LogP contribution in [-0.4, -0.2) is 15.9 Å². The highest BCUT2D eigenvalue weighted by molar-refractivity contribution is 9.10. The predicted octanol–water partition coefficient (Wildman–Crippen LogP) is 3.65. The molecule has 0 atom stereocenters. The lowest BCUT2D eigenvalue weighted by molar-refractivity contribution is 0.102. The van der Waals surface area contributed by atoms with E-state index in [-0.39, 0.29) is 15.2 Å². The van der Waals surface area contributed by atoms with Crippen LogP contribution in [0.5, 0.6) is 0 Å². The Bertz CT molecular complexity index is 619. The summed E-state index contributed by atoms with van der Waals surface area (Å²) in [5.41, 5.74) is -0.180. The number of thiazole rings is 1. The normalized spacial score (nSPS) is 10.4. The van der Waals surface area contributed by atoms with Gasteiger partial charge in [-0.2, -0.15) is 0 Å². The number of carbonyl (C=O) groups excluding carboxylic acids is 1. The van der Waals surface area contributed by atoms with Crippen LogP contribution in [0.15, 0.2) is 16.9 Å². The van der Waals surface area contributed by atoms with E-state index in [1.165, 1.54) is 23.7 Å². The highest BCUT2D eigenvalue weighted by Gasteiger charge is 2.20. The van der Waals surface area contributed by atoms with Crippen molar-refractivity contribution >= 4 is 49.8 Å². The first kappa shape index (κ1) is 13.4. The molecule has 0 unspecified atom stereocenters. The average Bonchev–Trinajstić information content (AvgIpc) is 2.70. The SMILES string of the molecule is Cc1ncc(NC(=O)c2c(Br)cnc(Cl)c2F)s1. The van der Waals surface area contributed by atoms with Gasteiger partial charge < -0.3 is 5.32 Å². The van der Waals surface area contributed by atoms with Crippen molar-refractivity contribution in [2.24, 2.45) is 0 Å². The predicted molar refractivity (Wildman–Crippen MR) is 71.7 cm³/mol. The number of carbonyl (C=O) groups is 1. The third-order valence-electron chi connectivity index (χ3n) is 2.02. The van der Waals surface area contributed by atoms with E-state index >= 15 is 0 Å². The number of anilines is 1. The van der Waals surface area contributed by atoms with E-state index in [4.69, 9.17) is 11.6 Å². The maximum absolute atomic E-state index is 13.7. The number of aryl methyl sites for hydroxylation is 1. The van der Waals surface area contributed by atoms with Crippen LogP contribution in [0.2, 0.25) is 5.15 Å². The minimum absolute atomic E-state index is 0.180. The maximum Gasteiger partial charge on any atom is 0.260 e. The van der Waals surface area contributed by atoms with Gasteiger partial charge in [0.25, 0.3) is 5.91 Å². The summed E-state index contributed by atoms with van der Waals surface area (Å²) >= 11 is 9.90. The summed E-state index contributed by atoms with van der Waals surface area (Å²) in [4.78, 5) is 19.5. The molecular formula is C10H6BrClFN3OS. The smallest absolute Gasteiger partial charge is 0.260 e. The van der Waals surface area contributed by atoms with E-state index in [0.29, 0.717) is 5.00 Å². The van der Waals surface area contributed by atoms with Crippen LogP contribution in [0.3, 0.4) is 0 Å². The zero-order chi connectivity index (χ0) is 13.3. The molecule has 0 aliphatic carbocycles. The molecule has 0 aliphatic heterocycles. The summed E-state index contributed by atoms with van der Waals surface area (Å²) in [5.74, 6) is -1.46. The zero-order valence-electron chi connectivity index (χ0n) is 9.00. The van der Waals surface area contributed by atoms with Crippen LogP contribution in [-0.2, 0) is 0 Å². The number of hydrogen-bond donors (Lipinski definition) is 1. The van der Waals surface area contributed by atoms with Crippen molar-refractivity contribution in [3.63, 3.8) is 0 Å². The summed E-state index contributed by atoms with van der Waals surface area (Å²) in [5, 5.41) is 3.55. The molecule has 0 bridgehead atoms. The molecular weight excluding hydrogens is 345 g/mol. The molecule has 4 nitrogen and oxygen atoms in total. The van der Waals surface area contributed by atoms with E-state index in [1.807, 2.05) is 0 Å². The average molecular weight is 351 g/mol. The highest BCUT2D eigenvalue weighted by Crippen LogP contribution is 2.25. The second kappa shape index (κ2) is 5.29. The van der Waals surface area contributed by atoms with Crippen molar-refractivity contribution in [2.75, 3.05) is 5.32 Å². The van der Waals surface area contributed by atoms with Crippen molar-refractivity contribution in [1.82, 2.24) is 9.97 Å². The van der Waals surface area contributed by atoms with Crippen molar-refractivity contribution in [2.45, 2.75) is 6.92 Å². The van der Waals surface area contributed by atoms with Crippen LogP contribution < -0.4 is 5.32 Å².